The fourth-order valence-corrected chi connectivity index (χ4v) is 8.26. The zero-order valence-electron chi connectivity index (χ0n) is 29.9. The molecule has 3 fully saturated rings. The molecule has 51 heavy (non-hydrogen) atoms. The molecular formula is C40H51N3O8. The minimum absolute atomic E-state index is 0.0542. The van der Waals surface area contributed by atoms with E-state index < -0.39 is 47.7 Å². The van der Waals surface area contributed by atoms with E-state index in [0.29, 0.717) is 37.7 Å². The quantitative estimate of drug-likeness (QED) is 0.133. The SMILES string of the molecule is C=CCCC(=O)N[C@@H](COC)[C@@H](OC(=O)[C@@H]1[C@H]2C(=O)N(CCCCO)[C@H](C(=O)N(CC=C)c3c(C)cccc3C)[C@]23CC[C@H]1O3)c1ccccc1. The van der Waals surface area contributed by atoms with Crippen LogP contribution in [0.25, 0.3) is 0 Å². The summed E-state index contributed by atoms with van der Waals surface area (Å²) in [5.74, 6) is -3.42. The maximum atomic E-state index is 14.9. The predicted molar refractivity (Wildman–Crippen MR) is 193 cm³/mol. The number of aliphatic hydroxyl groups is 1. The summed E-state index contributed by atoms with van der Waals surface area (Å²) < 4.78 is 18.5. The van der Waals surface area contributed by atoms with E-state index in [-0.39, 0.29) is 50.4 Å². The lowest BCUT2D eigenvalue weighted by atomic mass is 9.70. The molecule has 0 radical (unpaired) electrons. The number of aryl methyl sites for hydroxylation is 2. The van der Waals surface area contributed by atoms with Gasteiger partial charge in [0.25, 0.3) is 5.91 Å². The Balaban J connectivity index is 1.51. The smallest absolute Gasteiger partial charge is 0.313 e. The Labute approximate surface area is 300 Å². The van der Waals surface area contributed by atoms with E-state index in [9.17, 15) is 24.3 Å². The topological polar surface area (TPSA) is 135 Å². The van der Waals surface area contributed by atoms with Crippen LogP contribution in [0.1, 0.15) is 61.3 Å². The molecule has 0 unspecified atom stereocenters. The third-order valence-electron chi connectivity index (χ3n) is 10.4. The van der Waals surface area contributed by atoms with Gasteiger partial charge in [-0.25, -0.2) is 0 Å². The Kier molecular flexibility index (Phi) is 12.5. The summed E-state index contributed by atoms with van der Waals surface area (Å²) in [6.45, 7) is 11.9. The average molecular weight is 702 g/mol. The third kappa shape index (κ3) is 7.52. The van der Waals surface area contributed by atoms with E-state index >= 15 is 0 Å². The predicted octanol–water partition coefficient (Wildman–Crippen LogP) is 4.35. The van der Waals surface area contributed by atoms with Gasteiger partial charge >= 0.3 is 5.97 Å². The van der Waals surface area contributed by atoms with E-state index in [4.69, 9.17) is 14.2 Å². The molecule has 274 valence electrons. The van der Waals surface area contributed by atoms with Crippen LogP contribution < -0.4 is 10.2 Å². The van der Waals surface area contributed by atoms with Crippen LogP contribution in [0, 0.1) is 25.7 Å². The number of unbranched alkanes of at least 4 members (excludes halogenated alkanes) is 1. The van der Waals surface area contributed by atoms with Gasteiger partial charge in [0.1, 0.15) is 17.7 Å². The Hall–Kier alpha value is -4.32. The van der Waals surface area contributed by atoms with Gasteiger partial charge in [0.15, 0.2) is 0 Å². The van der Waals surface area contributed by atoms with Crippen LogP contribution in [-0.2, 0) is 33.4 Å². The number of nitrogens with one attached hydrogen (secondary N) is 1. The molecule has 3 heterocycles. The summed E-state index contributed by atoms with van der Waals surface area (Å²) in [5, 5.41) is 12.5. The molecule has 3 saturated heterocycles. The highest BCUT2D eigenvalue weighted by Crippen LogP contribution is 2.59. The number of esters is 1. The van der Waals surface area contributed by atoms with Gasteiger partial charge in [-0.05, 0) is 62.6 Å². The van der Waals surface area contributed by atoms with Crippen molar-refractivity contribution < 1.29 is 38.5 Å². The lowest BCUT2D eigenvalue weighted by Crippen LogP contribution is -2.56. The number of hydrogen-bond acceptors (Lipinski definition) is 8. The second kappa shape index (κ2) is 16.8. The number of carbonyl (C=O) groups excluding carboxylic acids is 4. The first-order valence-corrected chi connectivity index (χ1v) is 17.9. The summed E-state index contributed by atoms with van der Waals surface area (Å²) in [4.78, 5) is 60.1. The Morgan fingerprint density at radius 3 is 2.47 bits per heavy atom. The molecule has 7 atom stereocenters. The normalized spacial score (nSPS) is 24.5. The van der Waals surface area contributed by atoms with Crippen molar-refractivity contribution in [3.63, 3.8) is 0 Å². The van der Waals surface area contributed by atoms with Crippen molar-refractivity contribution in [2.24, 2.45) is 11.8 Å². The summed E-state index contributed by atoms with van der Waals surface area (Å²) in [6, 6.07) is 13.2. The van der Waals surface area contributed by atoms with Crippen molar-refractivity contribution in [2.75, 3.05) is 38.3 Å². The molecule has 0 saturated carbocycles. The molecule has 11 nitrogen and oxygen atoms in total. The van der Waals surface area contributed by atoms with Crippen molar-refractivity contribution in [3.8, 4) is 0 Å². The van der Waals surface area contributed by atoms with Crippen LogP contribution in [-0.4, -0.2) is 90.9 Å². The zero-order valence-corrected chi connectivity index (χ0v) is 29.9. The summed E-state index contributed by atoms with van der Waals surface area (Å²) in [7, 11) is 1.51. The molecule has 0 aromatic heterocycles. The van der Waals surface area contributed by atoms with Gasteiger partial charge in [0.05, 0.1) is 30.6 Å². The van der Waals surface area contributed by atoms with E-state index in [1.54, 1.807) is 22.0 Å². The fraction of sp³-hybridized carbons (Fsp3) is 0.500. The standard InChI is InChI=1S/C40H51N3O8/c1-6-8-19-31(45)41-29(25-49-5)35(28-17-10-9-11-18-28)50-39(48)32-30-20-21-40(51-30)33(32)37(46)43(23-12-13-24-44)36(40)38(47)42(22-7-2)34-26(3)15-14-16-27(34)4/h6-7,9-11,14-18,29-30,32-33,35-36,44H,1-2,8,12-13,19-25H2,3-5H3,(H,41,45)/t29-,30+,32-,33-,35-,36+,40-/m0/s1. The summed E-state index contributed by atoms with van der Waals surface area (Å²) >= 11 is 0. The Morgan fingerprint density at radius 2 is 1.82 bits per heavy atom. The van der Waals surface area contributed by atoms with Crippen molar-refractivity contribution in [1.29, 1.82) is 0 Å². The van der Waals surface area contributed by atoms with Crippen LogP contribution in [0.3, 0.4) is 0 Å². The number of nitrogens with zero attached hydrogens (tertiary/aromatic N) is 2. The third-order valence-corrected chi connectivity index (χ3v) is 10.4. The van der Waals surface area contributed by atoms with Crippen molar-refractivity contribution in [2.45, 2.75) is 82.3 Å². The van der Waals surface area contributed by atoms with Gasteiger partial charge in [-0.2, -0.15) is 0 Å². The van der Waals surface area contributed by atoms with Crippen molar-refractivity contribution in [3.05, 3.63) is 90.5 Å². The lowest BCUT2D eigenvalue weighted by molar-refractivity contribution is -0.163. The first kappa shape index (κ1) is 37.9. The van der Waals surface area contributed by atoms with Gasteiger partial charge in [-0.3, -0.25) is 19.2 Å². The largest absolute Gasteiger partial charge is 0.455 e. The number of likely N-dealkylation sites (tertiary alicyclic amines) is 1. The van der Waals surface area contributed by atoms with Crippen LogP contribution in [0.2, 0.25) is 0 Å². The number of rotatable bonds is 18. The number of hydrogen-bond donors (Lipinski definition) is 2. The molecule has 2 aromatic carbocycles. The second-order valence-corrected chi connectivity index (χ2v) is 13.7. The highest BCUT2D eigenvalue weighted by molar-refractivity contribution is 6.05. The molecule has 2 N–H and O–H groups in total. The van der Waals surface area contributed by atoms with Gasteiger partial charge in [0.2, 0.25) is 11.8 Å². The first-order valence-electron chi connectivity index (χ1n) is 17.9. The molecule has 3 aliphatic heterocycles. The van der Waals surface area contributed by atoms with E-state index in [1.807, 2.05) is 62.4 Å². The van der Waals surface area contributed by atoms with Crippen LogP contribution >= 0.6 is 0 Å². The molecule has 3 aliphatic rings. The number of aliphatic hydroxyl groups excluding tert-OH is 1. The first-order chi connectivity index (χ1) is 24.6. The molecule has 11 heteroatoms. The van der Waals surface area contributed by atoms with E-state index in [1.165, 1.54) is 7.11 Å². The Bertz CT molecular complexity index is 1580. The van der Waals surface area contributed by atoms with Crippen LogP contribution in [0.4, 0.5) is 5.69 Å². The molecule has 0 aliphatic carbocycles. The van der Waals surface area contributed by atoms with Crippen molar-refractivity contribution >= 4 is 29.4 Å². The second-order valence-electron chi connectivity index (χ2n) is 13.7. The minimum atomic E-state index is -1.25. The number of carbonyl (C=O) groups is 4. The lowest BCUT2D eigenvalue weighted by Gasteiger charge is -2.37. The van der Waals surface area contributed by atoms with Gasteiger partial charge < -0.3 is 34.4 Å². The monoisotopic (exact) mass is 701 g/mol. The highest BCUT2D eigenvalue weighted by Gasteiger charge is 2.75. The molecule has 2 bridgehead atoms. The molecule has 3 amide bonds. The minimum Gasteiger partial charge on any atom is -0.455 e. The fourth-order valence-electron chi connectivity index (χ4n) is 8.26. The van der Waals surface area contributed by atoms with Crippen LogP contribution in [0.15, 0.2) is 73.8 Å². The van der Waals surface area contributed by atoms with E-state index in [2.05, 4.69) is 18.5 Å². The van der Waals surface area contributed by atoms with Gasteiger partial charge in [-0.1, -0.05) is 60.7 Å². The number of amides is 3. The number of ether oxygens (including phenoxy) is 3. The molecule has 5 rings (SSSR count). The maximum Gasteiger partial charge on any atom is 0.313 e. The van der Waals surface area contributed by atoms with Gasteiger partial charge in [-0.15, -0.1) is 13.2 Å². The number of allylic oxidation sites excluding steroid dienone is 1. The number of methoxy groups -OCH3 is 1. The number of benzene rings is 2. The summed E-state index contributed by atoms with van der Waals surface area (Å²) in [6.07, 6.45) is 4.27. The van der Waals surface area contributed by atoms with Crippen LogP contribution in [0.5, 0.6) is 0 Å². The summed E-state index contributed by atoms with van der Waals surface area (Å²) in [5.41, 5.74) is 1.97. The highest BCUT2D eigenvalue weighted by atomic mass is 16.6. The molecular weight excluding hydrogens is 650 g/mol. The number of para-hydroxylation sites is 1. The van der Waals surface area contributed by atoms with Crippen molar-refractivity contribution in [1.82, 2.24) is 10.2 Å². The zero-order chi connectivity index (χ0) is 36.7. The molecule has 1 spiro atoms. The maximum absolute atomic E-state index is 14.9. The van der Waals surface area contributed by atoms with Gasteiger partial charge in [0, 0.05) is 38.9 Å². The Morgan fingerprint density at radius 1 is 1.10 bits per heavy atom. The number of fused-ring (bicyclic) bond motifs is 1. The average Bonchev–Trinajstić information content (AvgIpc) is 3.76. The number of anilines is 1. The van der Waals surface area contributed by atoms with E-state index in [0.717, 1.165) is 16.8 Å². The molecule has 2 aromatic rings.